The summed E-state index contributed by atoms with van der Waals surface area (Å²) in [4.78, 5) is 3.09. The van der Waals surface area contributed by atoms with Crippen molar-refractivity contribution in [2.75, 3.05) is 25.4 Å². The van der Waals surface area contributed by atoms with Crippen LogP contribution in [0.5, 0.6) is 0 Å². The van der Waals surface area contributed by atoms with Crippen molar-refractivity contribution in [2.24, 2.45) is 5.73 Å². The van der Waals surface area contributed by atoms with Gasteiger partial charge in [0.15, 0.2) is 0 Å². The van der Waals surface area contributed by atoms with Crippen LogP contribution in [0.3, 0.4) is 0 Å². The van der Waals surface area contributed by atoms with Crippen molar-refractivity contribution < 1.29 is 4.39 Å². The SMILES string of the molecule is N[C@H]1CCN(CCSc2ccccc2F)C1. The topological polar surface area (TPSA) is 29.3 Å². The third-order valence-electron chi connectivity index (χ3n) is 2.81. The molecule has 1 aliphatic heterocycles. The molecule has 1 aromatic carbocycles. The molecule has 1 saturated heterocycles. The molecule has 0 saturated carbocycles. The van der Waals surface area contributed by atoms with E-state index in [1.54, 1.807) is 17.8 Å². The first-order valence-corrected chi connectivity index (χ1v) is 6.59. The Morgan fingerprint density at radius 1 is 1.44 bits per heavy atom. The summed E-state index contributed by atoms with van der Waals surface area (Å²) in [5, 5.41) is 0. The van der Waals surface area contributed by atoms with E-state index >= 15 is 0 Å². The van der Waals surface area contributed by atoms with Gasteiger partial charge in [-0.1, -0.05) is 12.1 Å². The highest BCUT2D eigenvalue weighted by molar-refractivity contribution is 7.99. The summed E-state index contributed by atoms with van der Waals surface area (Å²) >= 11 is 1.58. The molecule has 0 spiro atoms. The Kier molecular flexibility index (Phi) is 4.21. The quantitative estimate of drug-likeness (QED) is 0.816. The standard InChI is InChI=1S/C12H17FN2S/c13-11-3-1-2-4-12(11)16-8-7-15-6-5-10(14)9-15/h1-4,10H,5-9,14H2/t10-/m0/s1. The summed E-state index contributed by atoms with van der Waals surface area (Å²) in [7, 11) is 0. The number of hydrogen-bond donors (Lipinski definition) is 1. The Labute approximate surface area is 100 Å². The zero-order chi connectivity index (χ0) is 11.4. The van der Waals surface area contributed by atoms with Gasteiger partial charge in [0, 0.05) is 29.8 Å². The van der Waals surface area contributed by atoms with E-state index in [9.17, 15) is 4.39 Å². The van der Waals surface area contributed by atoms with E-state index in [4.69, 9.17) is 5.73 Å². The van der Waals surface area contributed by atoms with Gasteiger partial charge >= 0.3 is 0 Å². The summed E-state index contributed by atoms with van der Waals surface area (Å²) in [5.41, 5.74) is 5.82. The molecule has 1 aliphatic rings. The Morgan fingerprint density at radius 3 is 2.94 bits per heavy atom. The number of hydrogen-bond acceptors (Lipinski definition) is 3. The van der Waals surface area contributed by atoms with Gasteiger partial charge in [-0.05, 0) is 25.1 Å². The minimum absolute atomic E-state index is 0.120. The zero-order valence-corrected chi connectivity index (χ0v) is 10.0. The second-order valence-electron chi connectivity index (χ2n) is 4.13. The number of benzene rings is 1. The fourth-order valence-electron chi connectivity index (χ4n) is 1.91. The maximum Gasteiger partial charge on any atom is 0.136 e. The van der Waals surface area contributed by atoms with Gasteiger partial charge in [-0.3, -0.25) is 0 Å². The fraction of sp³-hybridized carbons (Fsp3) is 0.500. The summed E-state index contributed by atoms with van der Waals surface area (Å²) in [6, 6.07) is 7.26. The van der Waals surface area contributed by atoms with Crippen molar-refractivity contribution in [1.82, 2.24) is 4.90 Å². The molecule has 2 nitrogen and oxygen atoms in total. The van der Waals surface area contributed by atoms with E-state index in [2.05, 4.69) is 4.90 Å². The first kappa shape index (κ1) is 11.9. The van der Waals surface area contributed by atoms with Crippen LogP contribution in [0.25, 0.3) is 0 Å². The maximum absolute atomic E-state index is 13.3. The number of halogens is 1. The molecule has 0 amide bonds. The first-order chi connectivity index (χ1) is 7.75. The lowest BCUT2D eigenvalue weighted by Gasteiger charge is -2.14. The molecule has 0 unspecified atom stereocenters. The normalized spacial score (nSPS) is 21.5. The molecule has 1 fully saturated rings. The molecule has 88 valence electrons. The van der Waals surface area contributed by atoms with E-state index in [1.807, 2.05) is 12.1 Å². The van der Waals surface area contributed by atoms with E-state index in [-0.39, 0.29) is 5.82 Å². The van der Waals surface area contributed by atoms with Crippen LogP contribution in [-0.4, -0.2) is 36.3 Å². The average molecular weight is 240 g/mol. The summed E-state index contributed by atoms with van der Waals surface area (Å²) in [6.07, 6.45) is 1.09. The predicted octanol–water partition coefficient (Wildman–Crippen LogP) is 1.95. The minimum Gasteiger partial charge on any atom is -0.326 e. The highest BCUT2D eigenvalue weighted by atomic mass is 32.2. The number of nitrogens with two attached hydrogens (primary N) is 1. The third kappa shape index (κ3) is 3.20. The molecule has 1 aromatic rings. The molecule has 0 aromatic heterocycles. The van der Waals surface area contributed by atoms with Crippen molar-refractivity contribution in [3.05, 3.63) is 30.1 Å². The number of nitrogens with zero attached hydrogens (tertiary/aromatic N) is 1. The van der Waals surface area contributed by atoms with Gasteiger partial charge in [0.25, 0.3) is 0 Å². The molecule has 4 heteroatoms. The van der Waals surface area contributed by atoms with Crippen LogP contribution in [0.15, 0.2) is 29.2 Å². The van der Waals surface area contributed by atoms with E-state index in [1.165, 1.54) is 6.07 Å². The highest BCUT2D eigenvalue weighted by Gasteiger charge is 2.18. The third-order valence-corrected chi connectivity index (χ3v) is 3.84. The van der Waals surface area contributed by atoms with Crippen LogP contribution in [0.1, 0.15) is 6.42 Å². The molecular weight excluding hydrogens is 223 g/mol. The summed E-state index contributed by atoms with van der Waals surface area (Å²) in [6.45, 7) is 3.06. The molecule has 16 heavy (non-hydrogen) atoms. The Morgan fingerprint density at radius 2 is 2.25 bits per heavy atom. The molecule has 0 radical (unpaired) electrons. The minimum atomic E-state index is -0.120. The average Bonchev–Trinajstić information content (AvgIpc) is 2.67. The summed E-state index contributed by atoms with van der Waals surface area (Å²) in [5.74, 6) is 0.804. The van der Waals surface area contributed by atoms with Crippen LogP contribution >= 0.6 is 11.8 Å². The van der Waals surface area contributed by atoms with Gasteiger partial charge in [0.05, 0.1) is 0 Å². The number of rotatable bonds is 4. The first-order valence-electron chi connectivity index (χ1n) is 5.61. The second kappa shape index (κ2) is 5.66. The number of thioether (sulfide) groups is 1. The molecule has 2 N–H and O–H groups in total. The van der Waals surface area contributed by atoms with Gasteiger partial charge in [-0.2, -0.15) is 0 Å². The van der Waals surface area contributed by atoms with Crippen LogP contribution < -0.4 is 5.73 Å². The van der Waals surface area contributed by atoms with E-state index in [0.29, 0.717) is 6.04 Å². The zero-order valence-electron chi connectivity index (χ0n) is 9.23. The van der Waals surface area contributed by atoms with Gasteiger partial charge in [0.1, 0.15) is 5.82 Å². The van der Waals surface area contributed by atoms with Gasteiger partial charge in [-0.25, -0.2) is 4.39 Å². The molecule has 1 atom stereocenters. The highest BCUT2D eigenvalue weighted by Crippen LogP contribution is 2.21. The molecule has 2 rings (SSSR count). The summed E-state index contributed by atoms with van der Waals surface area (Å²) < 4.78 is 13.3. The van der Waals surface area contributed by atoms with Crippen molar-refractivity contribution in [1.29, 1.82) is 0 Å². The van der Waals surface area contributed by atoms with Crippen molar-refractivity contribution in [2.45, 2.75) is 17.4 Å². The van der Waals surface area contributed by atoms with Gasteiger partial charge in [-0.15, -0.1) is 11.8 Å². The van der Waals surface area contributed by atoms with Crippen LogP contribution in [-0.2, 0) is 0 Å². The van der Waals surface area contributed by atoms with Gasteiger partial charge < -0.3 is 10.6 Å². The van der Waals surface area contributed by atoms with Crippen LogP contribution in [0, 0.1) is 5.82 Å². The van der Waals surface area contributed by atoms with Crippen LogP contribution in [0.4, 0.5) is 4.39 Å². The largest absolute Gasteiger partial charge is 0.326 e. The lowest BCUT2D eigenvalue weighted by molar-refractivity contribution is 0.357. The second-order valence-corrected chi connectivity index (χ2v) is 5.26. The maximum atomic E-state index is 13.3. The Bertz CT molecular complexity index is 346. The monoisotopic (exact) mass is 240 g/mol. The molecular formula is C12H17FN2S. The molecule has 1 heterocycles. The van der Waals surface area contributed by atoms with E-state index in [0.717, 1.165) is 36.7 Å². The van der Waals surface area contributed by atoms with Crippen LogP contribution in [0.2, 0.25) is 0 Å². The molecule has 0 aliphatic carbocycles. The predicted molar refractivity (Wildman–Crippen MR) is 66.2 cm³/mol. The Balaban J connectivity index is 1.74. The van der Waals surface area contributed by atoms with Crippen molar-refractivity contribution in [3.8, 4) is 0 Å². The van der Waals surface area contributed by atoms with Gasteiger partial charge in [0.2, 0.25) is 0 Å². The Hall–Kier alpha value is -0.580. The van der Waals surface area contributed by atoms with E-state index < -0.39 is 0 Å². The number of likely N-dealkylation sites (tertiary alicyclic amines) is 1. The molecule has 0 bridgehead atoms. The van der Waals surface area contributed by atoms with Crippen molar-refractivity contribution in [3.63, 3.8) is 0 Å². The lowest BCUT2D eigenvalue weighted by atomic mass is 10.3. The smallest absolute Gasteiger partial charge is 0.136 e. The lowest BCUT2D eigenvalue weighted by Crippen LogP contribution is -2.28. The van der Waals surface area contributed by atoms with Crippen molar-refractivity contribution >= 4 is 11.8 Å². The fourth-order valence-corrected chi connectivity index (χ4v) is 2.86.